The van der Waals surface area contributed by atoms with Crippen molar-refractivity contribution in [1.29, 1.82) is 0 Å². The van der Waals surface area contributed by atoms with Crippen molar-refractivity contribution in [3.63, 3.8) is 0 Å². The van der Waals surface area contributed by atoms with E-state index >= 15 is 0 Å². The van der Waals surface area contributed by atoms with E-state index in [4.69, 9.17) is 11.6 Å². The monoisotopic (exact) mass is 395 g/mol. The second-order valence-electron chi connectivity index (χ2n) is 5.93. The summed E-state index contributed by atoms with van der Waals surface area (Å²) in [6.45, 7) is 2.18. The zero-order valence-corrected chi connectivity index (χ0v) is 14.9. The molecule has 0 aliphatic heterocycles. The SMILES string of the molecule is Cc1cc(C(F)=Cc2ccc(C(F)(F)F)cc2)nn1Cc1ccc(Cl)nc1. The van der Waals surface area contributed by atoms with Gasteiger partial charge in [-0.1, -0.05) is 29.8 Å². The van der Waals surface area contributed by atoms with E-state index in [9.17, 15) is 17.6 Å². The van der Waals surface area contributed by atoms with E-state index in [1.54, 1.807) is 36.0 Å². The zero-order valence-electron chi connectivity index (χ0n) is 14.1. The number of rotatable bonds is 4. The van der Waals surface area contributed by atoms with Crippen LogP contribution in [0.25, 0.3) is 11.9 Å². The summed E-state index contributed by atoms with van der Waals surface area (Å²) in [7, 11) is 0. The summed E-state index contributed by atoms with van der Waals surface area (Å²) in [4.78, 5) is 3.99. The fourth-order valence-corrected chi connectivity index (χ4v) is 2.56. The Bertz CT molecular complexity index is 958. The number of alkyl halides is 3. The molecule has 27 heavy (non-hydrogen) atoms. The van der Waals surface area contributed by atoms with Gasteiger partial charge in [0.1, 0.15) is 10.8 Å². The number of hydrogen-bond acceptors (Lipinski definition) is 2. The van der Waals surface area contributed by atoms with Gasteiger partial charge in [-0.2, -0.15) is 18.3 Å². The molecule has 0 N–H and O–H groups in total. The van der Waals surface area contributed by atoms with Crippen molar-refractivity contribution in [1.82, 2.24) is 14.8 Å². The summed E-state index contributed by atoms with van der Waals surface area (Å²) in [5.74, 6) is -0.633. The lowest BCUT2D eigenvalue weighted by molar-refractivity contribution is -0.137. The highest BCUT2D eigenvalue weighted by Gasteiger charge is 2.29. The van der Waals surface area contributed by atoms with Crippen LogP contribution in [-0.4, -0.2) is 14.8 Å². The van der Waals surface area contributed by atoms with Gasteiger partial charge in [-0.25, -0.2) is 9.37 Å². The van der Waals surface area contributed by atoms with E-state index < -0.39 is 17.6 Å². The highest BCUT2D eigenvalue weighted by molar-refractivity contribution is 6.29. The fraction of sp³-hybridized carbons (Fsp3) is 0.158. The molecule has 3 aromatic rings. The number of hydrogen-bond donors (Lipinski definition) is 0. The molecular weight excluding hydrogens is 382 g/mol. The Morgan fingerprint density at radius 3 is 2.44 bits per heavy atom. The molecule has 0 atom stereocenters. The standard InChI is InChI=1S/C19H14ClF4N3/c1-12-8-17(26-27(12)11-14-4-7-18(20)25-10-14)16(21)9-13-2-5-15(6-3-13)19(22,23)24/h2-10H,11H2,1H3. The smallest absolute Gasteiger partial charge is 0.265 e. The minimum Gasteiger partial charge on any atom is -0.265 e. The van der Waals surface area contributed by atoms with Crippen molar-refractivity contribution in [2.75, 3.05) is 0 Å². The third kappa shape index (κ3) is 4.74. The summed E-state index contributed by atoms with van der Waals surface area (Å²) in [6, 6.07) is 9.27. The third-order valence-electron chi connectivity index (χ3n) is 3.88. The lowest BCUT2D eigenvalue weighted by Gasteiger charge is -2.06. The molecule has 3 rings (SSSR count). The van der Waals surface area contributed by atoms with Crippen LogP contribution in [-0.2, 0) is 12.7 Å². The summed E-state index contributed by atoms with van der Waals surface area (Å²) in [5.41, 5.74) is 1.22. The van der Waals surface area contributed by atoms with Gasteiger partial charge < -0.3 is 0 Å². The number of aryl methyl sites for hydroxylation is 1. The number of nitrogens with zero attached hydrogens (tertiary/aromatic N) is 3. The molecule has 140 valence electrons. The van der Waals surface area contributed by atoms with E-state index in [-0.39, 0.29) is 5.69 Å². The summed E-state index contributed by atoms with van der Waals surface area (Å²) < 4.78 is 53.8. The topological polar surface area (TPSA) is 30.7 Å². The number of halogens is 5. The molecule has 8 heteroatoms. The van der Waals surface area contributed by atoms with Crippen molar-refractivity contribution in [2.24, 2.45) is 0 Å². The molecule has 0 spiro atoms. The lowest BCUT2D eigenvalue weighted by Crippen LogP contribution is -2.04. The van der Waals surface area contributed by atoms with Crippen LogP contribution in [0.2, 0.25) is 5.15 Å². The molecule has 2 aromatic heterocycles. The predicted molar refractivity (Wildman–Crippen MR) is 95.7 cm³/mol. The van der Waals surface area contributed by atoms with Crippen LogP contribution in [0.5, 0.6) is 0 Å². The predicted octanol–water partition coefficient (Wildman–Crippen LogP) is 5.77. The third-order valence-corrected chi connectivity index (χ3v) is 4.10. The number of benzene rings is 1. The molecule has 0 unspecified atom stereocenters. The van der Waals surface area contributed by atoms with Crippen LogP contribution in [0, 0.1) is 6.92 Å². The van der Waals surface area contributed by atoms with Crippen LogP contribution in [0.3, 0.4) is 0 Å². The normalized spacial score (nSPS) is 12.4. The molecule has 1 aromatic carbocycles. The van der Waals surface area contributed by atoms with Gasteiger partial charge >= 0.3 is 6.18 Å². The second-order valence-corrected chi connectivity index (χ2v) is 6.32. The molecule has 2 heterocycles. The Hall–Kier alpha value is -2.67. The molecular formula is C19H14ClF4N3. The lowest BCUT2D eigenvalue weighted by atomic mass is 10.1. The Morgan fingerprint density at radius 1 is 1.15 bits per heavy atom. The first-order valence-corrected chi connectivity index (χ1v) is 8.30. The quantitative estimate of drug-likeness (QED) is 0.414. The van der Waals surface area contributed by atoms with Crippen molar-refractivity contribution < 1.29 is 17.6 Å². The highest BCUT2D eigenvalue weighted by atomic mass is 35.5. The van der Waals surface area contributed by atoms with E-state index in [1.807, 2.05) is 0 Å². The van der Waals surface area contributed by atoms with Gasteiger partial charge in [0.05, 0.1) is 12.1 Å². The Labute approximate surface area is 157 Å². The minimum absolute atomic E-state index is 0.106. The first-order valence-electron chi connectivity index (χ1n) is 7.92. The molecule has 0 radical (unpaired) electrons. The van der Waals surface area contributed by atoms with Gasteiger partial charge in [-0.3, -0.25) is 4.68 Å². The van der Waals surface area contributed by atoms with Gasteiger partial charge in [0, 0.05) is 11.9 Å². The van der Waals surface area contributed by atoms with Gasteiger partial charge in [0.25, 0.3) is 0 Å². The van der Waals surface area contributed by atoms with Crippen LogP contribution in [0.15, 0.2) is 48.7 Å². The maximum Gasteiger partial charge on any atom is 0.416 e. The van der Waals surface area contributed by atoms with Crippen LogP contribution in [0.4, 0.5) is 17.6 Å². The molecule has 0 saturated carbocycles. The first-order chi connectivity index (χ1) is 12.7. The van der Waals surface area contributed by atoms with Gasteiger partial charge in [-0.15, -0.1) is 0 Å². The van der Waals surface area contributed by atoms with Crippen LogP contribution in [0.1, 0.15) is 28.1 Å². The molecule has 3 nitrogen and oxygen atoms in total. The fourth-order valence-electron chi connectivity index (χ4n) is 2.45. The average Bonchev–Trinajstić information content (AvgIpc) is 2.97. The van der Waals surface area contributed by atoms with Crippen molar-refractivity contribution in [3.8, 4) is 0 Å². The Morgan fingerprint density at radius 2 is 1.85 bits per heavy atom. The maximum atomic E-state index is 14.5. The molecule has 0 aliphatic carbocycles. The maximum absolute atomic E-state index is 14.5. The molecule has 0 amide bonds. The molecule has 0 saturated heterocycles. The van der Waals surface area contributed by atoms with E-state index in [1.165, 1.54) is 12.1 Å². The van der Waals surface area contributed by atoms with Crippen molar-refractivity contribution in [3.05, 3.63) is 81.9 Å². The Balaban J connectivity index is 1.79. The highest BCUT2D eigenvalue weighted by Crippen LogP contribution is 2.29. The minimum atomic E-state index is -4.42. The number of aromatic nitrogens is 3. The van der Waals surface area contributed by atoms with Gasteiger partial charge in [0.15, 0.2) is 5.83 Å². The molecule has 0 bridgehead atoms. The summed E-state index contributed by atoms with van der Waals surface area (Å²) in [5, 5.41) is 4.59. The van der Waals surface area contributed by atoms with Gasteiger partial charge in [0.2, 0.25) is 0 Å². The van der Waals surface area contributed by atoms with E-state index in [0.717, 1.165) is 29.5 Å². The van der Waals surface area contributed by atoms with Crippen LogP contribution >= 0.6 is 11.6 Å². The van der Waals surface area contributed by atoms with E-state index in [0.29, 0.717) is 17.3 Å². The molecule has 0 fully saturated rings. The van der Waals surface area contributed by atoms with Crippen molar-refractivity contribution >= 4 is 23.5 Å². The second kappa shape index (κ2) is 7.52. The van der Waals surface area contributed by atoms with Crippen LogP contribution < -0.4 is 0 Å². The molecule has 0 aliphatic rings. The average molecular weight is 396 g/mol. The zero-order chi connectivity index (χ0) is 19.6. The summed E-state index contributed by atoms with van der Waals surface area (Å²) >= 11 is 5.75. The largest absolute Gasteiger partial charge is 0.416 e. The van der Waals surface area contributed by atoms with Crippen molar-refractivity contribution in [2.45, 2.75) is 19.6 Å². The first kappa shape index (κ1) is 19.1. The number of pyridine rings is 1. The summed E-state index contributed by atoms with van der Waals surface area (Å²) in [6.07, 6.45) is -1.67. The van der Waals surface area contributed by atoms with Gasteiger partial charge in [-0.05, 0) is 48.4 Å². The van der Waals surface area contributed by atoms with E-state index in [2.05, 4.69) is 10.1 Å². The Kier molecular flexibility index (Phi) is 5.32.